The maximum absolute atomic E-state index is 11.0. The van der Waals surface area contributed by atoms with Crippen molar-refractivity contribution in [1.82, 2.24) is 15.1 Å². The van der Waals surface area contributed by atoms with E-state index in [0.29, 0.717) is 6.04 Å². The van der Waals surface area contributed by atoms with Crippen LogP contribution in [0.2, 0.25) is 0 Å². The Balaban J connectivity index is 2.06. The molecule has 2 N–H and O–H groups in total. The molecule has 0 radical (unpaired) electrons. The van der Waals surface area contributed by atoms with Crippen LogP contribution in [-0.2, 0) is 0 Å². The summed E-state index contributed by atoms with van der Waals surface area (Å²) < 4.78 is 0. The number of thioether (sulfide) groups is 1. The van der Waals surface area contributed by atoms with Crippen LogP contribution in [0.4, 0.5) is 0 Å². The van der Waals surface area contributed by atoms with Crippen LogP contribution in [0.25, 0.3) is 0 Å². The average Bonchev–Trinajstić information content (AvgIpc) is 2.65. The fraction of sp³-hybridized carbons (Fsp3) is 0.667. The van der Waals surface area contributed by atoms with E-state index in [-0.39, 0.29) is 5.56 Å². The lowest BCUT2D eigenvalue weighted by atomic mass is 10.2. The number of nitrogens with one attached hydrogen (secondary N) is 2. The Morgan fingerprint density at radius 1 is 1.43 bits per heavy atom. The molecule has 1 aromatic heterocycles. The van der Waals surface area contributed by atoms with E-state index in [1.807, 2.05) is 11.8 Å². The van der Waals surface area contributed by atoms with Gasteiger partial charge in [0.15, 0.2) is 0 Å². The van der Waals surface area contributed by atoms with Gasteiger partial charge in [-0.05, 0) is 6.92 Å². The number of hydrogen-bond acceptors (Lipinski definition) is 3. The first-order chi connectivity index (χ1) is 6.77. The molecule has 0 aliphatic carbocycles. The highest BCUT2D eigenvalue weighted by molar-refractivity contribution is 7.99. The maximum atomic E-state index is 11.0. The number of rotatable bonds is 2. The lowest BCUT2D eigenvalue weighted by Crippen LogP contribution is -2.35. The van der Waals surface area contributed by atoms with E-state index in [1.165, 1.54) is 11.5 Å². The Labute approximate surface area is 87.1 Å². The third kappa shape index (κ3) is 2.04. The number of hydrogen-bond donors (Lipinski definition) is 2. The van der Waals surface area contributed by atoms with Gasteiger partial charge in [0.2, 0.25) is 0 Å². The number of H-pyrrole nitrogens is 2. The summed E-state index contributed by atoms with van der Waals surface area (Å²) in [6.07, 6.45) is 0. The Bertz CT molecular complexity index is 340. The first kappa shape index (κ1) is 9.86. The molecule has 2 heterocycles. The minimum Gasteiger partial charge on any atom is -0.301 e. The summed E-state index contributed by atoms with van der Waals surface area (Å²) in [6, 6.07) is 1.96. The molecule has 1 fully saturated rings. The van der Waals surface area contributed by atoms with Gasteiger partial charge in [-0.1, -0.05) is 0 Å². The minimum absolute atomic E-state index is 0.0433. The molecule has 0 amide bonds. The van der Waals surface area contributed by atoms with Crippen molar-refractivity contribution in [2.45, 2.75) is 13.0 Å². The van der Waals surface area contributed by atoms with Gasteiger partial charge in [0.25, 0.3) is 5.56 Å². The second kappa shape index (κ2) is 4.23. The van der Waals surface area contributed by atoms with Crippen molar-refractivity contribution in [2.75, 3.05) is 24.6 Å². The zero-order chi connectivity index (χ0) is 9.97. The summed E-state index contributed by atoms with van der Waals surface area (Å²) in [5.74, 6) is 2.39. The number of aromatic nitrogens is 2. The van der Waals surface area contributed by atoms with Crippen LogP contribution in [-0.4, -0.2) is 39.7 Å². The van der Waals surface area contributed by atoms with Gasteiger partial charge < -0.3 is 5.10 Å². The molecule has 1 saturated heterocycles. The molecule has 0 aromatic carbocycles. The zero-order valence-corrected chi connectivity index (χ0v) is 9.06. The summed E-state index contributed by atoms with van der Waals surface area (Å²) in [6.45, 7) is 4.35. The Morgan fingerprint density at radius 3 is 2.71 bits per heavy atom. The molecular weight excluding hydrogens is 198 g/mol. The highest BCUT2D eigenvalue weighted by Crippen LogP contribution is 2.20. The first-order valence-electron chi connectivity index (χ1n) is 4.87. The van der Waals surface area contributed by atoms with Crippen molar-refractivity contribution in [3.05, 3.63) is 22.1 Å². The monoisotopic (exact) mass is 213 g/mol. The van der Waals surface area contributed by atoms with E-state index < -0.39 is 0 Å². The lowest BCUT2D eigenvalue weighted by Gasteiger charge is -2.31. The van der Waals surface area contributed by atoms with Crippen molar-refractivity contribution in [2.24, 2.45) is 0 Å². The Kier molecular flexibility index (Phi) is 2.98. The molecular formula is C9H15N3OS. The van der Waals surface area contributed by atoms with Crippen molar-refractivity contribution in [3.8, 4) is 0 Å². The van der Waals surface area contributed by atoms with Gasteiger partial charge in [-0.2, -0.15) is 11.8 Å². The summed E-state index contributed by atoms with van der Waals surface area (Å²) in [5.41, 5.74) is 0.945. The second-order valence-corrected chi connectivity index (χ2v) is 4.76. The number of nitrogens with zero attached hydrogens (tertiary/aromatic N) is 1. The fourth-order valence-electron chi connectivity index (χ4n) is 1.73. The molecule has 4 nitrogen and oxygen atoms in total. The normalized spacial score (nSPS) is 20.9. The van der Waals surface area contributed by atoms with Gasteiger partial charge in [-0.15, -0.1) is 0 Å². The Morgan fingerprint density at radius 2 is 2.14 bits per heavy atom. The van der Waals surface area contributed by atoms with Crippen molar-refractivity contribution in [1.29, 1.82) is 0 Å². The van der Waals surface area contributed by atoms with Crippen molar-refractivity contribution in [3.63, 3.8) is 0 Å². The second-order valence-electron chi connectivity index (χ2n) is 3.54. The van der Waals surface area contributed by atoms with E-state index >= 15 is 0 Å². The molecule has 0 spiro atoms. The third-order valence-electron chi connectivity index (χ3n) is 2.66. The third-order valence-corrected chi connectivity index (χ3v) is 3.60. The molecule has 1 aromatic rings. The average molecular weight is 213 g/mol. The minimum atomic E-state index is -0.0433. The van der Waals surface area contributed by atoms with Crippen LogP contribution in [0.3, 0.4) is 0 Å². The lowest BCUT2D eigenvalue weighted by molar-refractivity contribution is 0.229. The topological polar surface area (TPSA) is 51.9 Å². The zero-order valence-electron chi connectivity index (χ0n) is 8.25. The SMILES string of the molecule is CC(c1cc(=O)[nH][nH]1)N1CCSCC1. The van der Waals surface area contributed by atoms with Crippen molar-refractivity contribution < 1.29 is 0 Å². The predicted molar refractivity (Wildman–Crippen MR) is 58.7 cm³/mol. The molecule has 0 bridgehead atoms. The molecule has 1 atom stereocenters. The van der Waals surface area contributed by atoms with E-state index in [4.69, 9.17) is 0 Å². The van der Waals surface area contributed by atoms with Gasteiger partial charge in [-0.3, -0.25) is 14.8 Å². The molecule has 14 heavy (non-hydrogen) atoms. The van der Waals surface area contributed by atoms with Crippen LogP contribution in [0.1, 0.15) is 18.7 Å². The molecule has 78 valence electrons. The molecule has 1 unspecified atom stereocenters. The molecule has 2 rings (SSSR count). The maximum Gasteiger partial charge on any atom is 0.264 e. The standard InChI is InChI=1S/C9H15N3OS/c1-7(8-6-9(13)11-10-8)12-2-4-14-5-3-12/h6-7H,2-5H2,1H3,(H2,10,11,13). The van der Waals surface area contributed by atoms with Crippen LogP contribution in [0.15, 0.2) is 10.9 Å². The van der Waals surface area contributed by atoms with Crippen LogP contribution >= 0.6 is 11.8 Å². The summed E-state index contributed by atoms with van der Waals surface area (Å²) >= 11 is 2.00. The van der Waals surface area contributed by atoms with Crippen molar-refractivity contribution >= 4 is 11.8 Å². The number of aromatic amines is 2. The van der Waals surface area contributed by atoms with Gasteiger partial charge in [-0.25, -0.2) is 0 Å². The predicted octanol–water partition coefficient (Wildman–Crippen LogP) is 0.813. The molecule has 5 heteroatoms. The highest BCUT2D eigenvalue weighted by Gasteiger charge is 2.19. The van der Waals surface area contributed by atoms with Crippen LogP contribution in [0.5, 0.6) is 0 Å². The largest absolute Gasteiger partial charge is 0.301 e. The van der Waals surface area contributed by atoms with Gasteiger partial charge in [0.1, 0.15) is 0 Å². The summed E-state index contributed by atoms with van der Waals surface area (Å²) in [4.78, 5) is 13.4. The quantitative estimate of drug-likeness (QED) is 0.764. The first-order valence-corrected chi connectivity index (χ1v) is 6.02. The van der Waals surface area contributed by atoms with Crippen LogP contribution in [0, 0.1) is 0 Å². The highest BCUT2D eigenvalue weighted by atomic mass is 32.2. The molecule has 1 aliphatic heterocycles. The fourth-order valence-corrected chi connectivity index (χ4v) is 2.67. The van der Waals surface area contributed by atoms with E-state index in [2.05, 4.69) is 22.0 Å². The molecule has 1 aliphatic rings. The van der Waals surface area contributed by atoms with Gasteiger partial charge >= 0.3 is 0 Å². The van der Waals surface area contributed by atoms with E-state index in [0.717, 1.165) is 18.8 Å². The van der Waals surface area contributed by atoms with Gasteiger partial charge in [0, 0.05) is 36.7 Å². The van der Waals surface area contributed by atoms with E-state index in [9.17, 15) is 4.79 Å². The molecule has 0 saturated carbocycles. The Hall–Kier alpha value is -0.680. The summed E-state index contributed by atoms with van der Waals surface area (Å²) in [7, 11) is 0. The van der Waals surface area contributed by atoms with E-state index in [1.54, 1.807) is 6.07 Å². The van der Waals surface area contributed by atoms with Gasteiger partial charge in [0.05, 0.1) is 5.69 Å². The van der Waals surface area contributed by atoms with Crippen LogP contribution < -0.4 is 5.56 Å². The smallest absolute Gasteiger partial charge is 0.264 e. The summed E-state index contributed by atoms with van der Waals surface area (Å²) in [5, 5.41) is 5.49.